The van der Waals surface area contributed by atoms with Gasteiger partial charge in [-0.1, -0.05) is 30.3 Å². The molecule has 3 aromatic rings. The second-order valence-corrected chi connectivity index (χ2v) is 6.11. The summed E-state index contributed by atoms with van der Waals surface area (Å²) in [4.78, 5) is 16.8. The van der Waals surface area contributed by atoms with Crippen LogP contribution in [0.15, 0.2) is 48.0 Å². The maximum absolute atomic E-state index is 12.4. The molecule has 0 N–H and O–H groups in total. The highest BCUT2D eigenvalue weighted by molar-refractivity contribution is 5.98. The number of nitrogens with zero attached hydrogens (tertiary/aromatic N) is 3. The standard InChI is InChI=1S/C21H19N3O3/c1-14-9-15(2)24-18(20(26-3)23-19(24)10-14)11-17(12-22)21(25)27-13-16-7-5-4-6-8-16/h4-11H,13H2,1-3H3/b17-11-. The third-order valence-electron chi connectivity index (χ3n) is 4.08. The van der Waals surface area contributed by atoms with Crippen molar-refractivity contribution < 1.29 is 14.3 Å². The van der Waals surface area contributed by atoms with Gasteiger partial charge in [0.05, 0.1) is 7.11 Å². The van der Waals surface area contributed by atoms with Gasteiger partial charge in [-0.2, -0.15) is 10.2 Å². The maximum Gasteiger partial charge on any atom is 0.349 e. The normalized spacial score (nSPS) is 11.3. The molecule has 1 aromatic carbocycles. The molecule has 6 heteroatoms. The summed E-state index contributed by atoms with van der Waals surface area (Å²) in [6.07, 6.45) is 1.45. The lowest BCUT2D eigenvalue weighted by Gasteiger charge is -2.06. The molecule has 2 aromatic heterocycles. The summed E-state index contributed by atoms with van der Waals surface area (Å²) in [6.45, 7) is 4.00. The number of aryl methyl sites for hydroxylation is 2. The van der Waals surface area contributed by atoms with Gasteiger partial charge in [0.1, 0.15) is 29.6 Å². The van der Waals surface area contributed by atoms with Crippen LogP contribution in [0.1, 0.15) is 22.5 Å². The van der Waals surface area contributed by atoms with E-state index >= 15 is 0 Å². The van der Waals surface area contributed by atoms with Gasteiger partial charge in [-0.15, -0.1) is 0 Å². The Morgan fingerprint density at radius 1 is 1.26 bits per heavy atom. The second kappa shape index (κ2) is 7.75. The number of methoxy groups -OCH3 is 1. The quantitative estimate of drug-likeness (QED) is 0.394. The van der Waals surface area contributed by atoms with Crippen molar-refractivity contribution in [2.24, 2.45) is 0 Å². The number of fused-ring (bicyclic) bond motifs is 1. The average Bonchev–Trinajstić information content (AvgIpc) is 3.02. The van der Waals surface area contributed by atoms with Crippen LogP contribution in [0.4, 0.5) is 0 Å². The minimum atomic E-state index is -0.692. The number of carbonyl (C=O) groups is 1. The summed E-state index contributed by atoms with van der Waals surface area (Å²) < 4.78 is 12.4. The third-order valence-corrected chi connectivity index (χ3v) is 4.08. The summed E-state index contributed by atoms with van der Waals surface area (Å²) in [5.41, 5.74) is 3.92. The lowest BCUT2D eigenvalue weighted by molar-refractivity contribution is -0.139. The average molecular weight is 361 g/mol. The zero-order valence-corrected chi connectivity index (χ0v) is 15.4. The minimum absolute atomic E-state index is 0.0984. The molecule has 0 aliphatic carbocycles. The van der Waals surface area contributed by atoms with Gasteiger partial charge >= 0.3 is 5.97 Å². The zero-order valence-electron chi connectivity index (χ0n) is 15.4. The first-order valence-corrected chi connectivity index (χ1v) is 8.40. The van der Waals surface area contributed by atoms with E-state index in [1.807, 2.05) is 66.8 Å². The molecule has 0 unspecified atom stereocenters. The fraction of sp³-hybridized carbons (Fsp3) is 0.190. The van der Waals surface area contributed by atoms with E-state index in [1.54, 1.807) is 0 Å². The zero-order chi connectivity index (χ0) is 19.4. The molecule has 2 heterocycles. The monoisotopic (exact) mass is 361 g/mol. The molecule has 0 atom stereocenters. The van der Waals surface area contributed by atoms with E-state index in [1.165, 1.54) is 13.2 Å². The van der Waals surface area contributed by atoms with Crippen LogP contribution in [0.2, 0.25) is 0 Å². The van der Waals surface area contributed by atoms with Crippen molar-refractivity contribution in [2.75, 3.05) is 7.11 Å². The molecule has 0 amide bonds. The molecule has 0 spiro atoms. The van der Waals surface area contributed by atoms with Crippen molar-refractivity contribution >= 4 is 17.7 Å². The van der Waals surface area contributed by atoms with Gasteiger partial charge in [0.25, 0.3) is 0 Å². The second-order valence-electron chi connectivity index (χ2n) is 6.11. The minimum Gasteiger partial charge on any atom is -0.479 e. The smallest absolute Gasteiger partial charge is 0.349 e. The fourth-order valence-corrected chi connectivity index (χ4v) is 2.89. The molecule has 3 rings (SSSR count). The van der Waals surface area contributed by atoms with E-state index in [0.29, 0.717) is 17.2 Å². The van der Waals surface area contributed by atoms with Gasteiger partial charge in [0.15, 0.2) is 0 Å². The Kier molecular flexibility index (Phi) is 5.23. The molecule has 0 saturated carbocycles. The van der Waals surface area contributed by atoms with E-state index in [0.717, 1.165) is 16.8 Å². The van der Waals surface area contributed by atoms with Gasteiger partial charge in [-0.3, -0.25) is 4.40 Å². The molecular formula is C21H19N3O3. The lowest BCUT2D eigenvalue weighted by atomic mass is 10.2. The highest BCUT2D eigenvalue weighted by atomic mass is 16.5. The van der Waals surface area contributed by atoms with E-state index in [4.69, 9.17) is 9.47 Å². The van der Waals surface area contributed by atoms with Crippen LogP contribution in [0.25, 0.3) is 11.7 Å². The summed E-state index contributed by atoms with van der Waals surface area (Å²) in [5, 5.41) is 9.45. The van der Waals surface area contributed by atoms with Gasteiger partial charge in [0, 0.05) is 5.69 Å². The molecule has 0 fully saturated rings. The Bertz CT molecular complexity index is 1060. The number of imidazole rings is 1. The van der Waals surface area contributed by atoms with Gasteiger partial charge in [-0.05, 0) is 43.2 Å². The topological polar surface area (TPSA) is 76.6 Å². The van der Waals surface area contributed by atoms with E-state index in [9.17, 15) is 10.1 Å². The Labute approximate surface area is 157 Å². The molecule has 0 aliphatic heterocycles. The highest BCUT2D eigenvalue weighted by Gasteiger charge is 2.18. The fourth-order valence-electron chi connectivity index (χ4n) is 2.89. The molecule has 6 nitrogen and oxygen atoms in total. The first kappa shape index (κ1) is 18.2. The molecule has 0 radical (unpaired) electrons. The summed E-state index contributed by atoms with van der Waals surface area (Å²) in [7, 11) is 1.50. The van der Waals surface area contributed by atoms with Crippen LogP contribution in [0.3, 0.4) is 0 Å². The number of aromatic nitrogens is 2. The number of ether oxygens (including phenoxy) is 2. The summed E-state index contributed by atoms with van der Waals surface area (Å²) >= 11 is 0. The summed E-state index contributed by atoms with van der Waals surface area (Å²) in [6, 6.07) is 15.1. The van der Waals surface area contributed by atoms with Crippen LogP contribution in [-0.2, 0) is 16.1 Å². The molecular weight excluding hydrogens is 342 g/mol. The molecule has 136 valence electrons. The Morgan fingerprint density at radius 3 is 2.67 bits per heavy atom. The first-order chi connectivity index (χ1) is 13.0. The van der Waals surface area contributed by atoms with Crippen LogP contribution < -0.4 is 4.74 Å². The Morgan fingerprint density at radius 2 is 2.00 bits per heavy atom. The largest absolute Gasteiger partial charge is 0.479 e. The predicted molar refractivity (Wildman–Crippen MR) is 101 cm³/mol. The van der Waals surface area contributed by atoms with Crippen molar-refractivity contribution in [1.29, 1.82) is 5.26 Å². The van der Waals surface area contributed by atoms with Gasteiger partial charge < -0.3 is 9.47 Å². The van der Waals surface area contributed by atoms with Gasteiger partial charge in [-0.25, -0.2) is 4.79 Å². The van der Waals surface area contributed by atoms with Crippen LogP contribution in [-0.4, -0.2) is 22.5 Å². The van der Waals surface area contributed by atoms with Crippen molar-refractivity contribution in [3.8, 4) is 11.9 Å². The number of esters is 1. The molecule has 0 aliphatic rings. The van der Waals surface area contributed by atoms with Crippen molar-refractivity contribution in [3.63, 3.8) is 0 Å². The lowest BCUT2D eigenvalue weighted by Crippen LogP contribution is -2.07. The number of hydrogen-bond donors (Lipinski definition) is 0. The van der Waals surface area contributed by atoms with Crippen molar-refractivity contribution in [2.45, 2.75) is 20.5 Å². The number of rotatable bonds is 5. The van der Waals surface area contributed by atoms with Crippen molar-refractivity contribution in [3.05, 3.63) is 70.6 Å². The predicted octanol–water partition coefficient (Wildman–Crippen LogP) is 3.61. The summed E-state index contributed by atoms with van der Waals surface area (Å²) in [5.74, 6) is -0.351. The number of hydrogen-bond acceptors (Lipinski definition) is 5. The number of benzene rings is 1. The SMILES string of the molecule is COc1nc2cc(C)cc(C)n2c1/C=C(/C#N)C(=O)OCc1ccccc1. The number of nitriles is 1. The van der Waals surface area contributed by atoms with E-state index < -0.39 is 5.97 Å². The molecule has 0 bridgehead atoms. The third kappa shape index (κ3) is 3.82. The van der Waals surface area contributed by atoms with E-state index in [-0.39, 0.29) is 12.2 Å². The molecule has 0 saturated heterocycles. The number of pyridine rings is 1. The van der Waals surface area contributed by atoms with Crippen LogP contribution in [0, 0.1) is 25.2 Å². The van der Waals surface area contributed by atoms with Crippen LogP contribution in [0.5, 0.6) is 5.88 Å². The van der Waals surface area contributed by atoms with Crippen LogP contribution >= 0.6 is 0 Å². The van der Waals surface area contributed by atoms with E-state index in [2.05, 4.69) is 4.98 Å². The van der Waals surface area contributed by atoms with Crippen molar-refractivity contribution in [1.82, 2.24) is 9.38 Å². The van der Waals surface area contributed by atoms with Gasteiger partial charge in [0.2, 0.25) is 5.88 Å². The first-order valence-electron chi connectivity index (χ1n) is 8.40. The Balaban J connectivity index is 1.95. The maximum atomic E-state index is 12.4. The molecule has 27 heavy (non-hydrogen) atoms. The Hall–Kier alpha value is -3.59. The number of carbonyl (C=O) groups excluding carboxylic acids is 1. The highest BCUT2D eigenvalue weighted by Crippen LogP contribution is 2.25.